The first-order chi connectivity index (χ1) is 5.43. The van der Waals surface area contributed by atoms with Gasteiger partial charge < -0.3 is 0 Å². The van der Waals surface area contributed by atoms with Gasteiger partial charge in [-0.05, 0) is 42.4 Å². The molecule has 67 valence electrons. The highest BCUT2D eigenvalue weighted by atomic mass is 14.4. The summed E-state index contributed by atoms with van der Waals surface area (Å²) in [5, 5.41) is 0. The van der Waals surface area contributed by atoms with Crippen LogP contribution in [0.3, 0.4) is 0 Å². The van der Waals surface area contributed by atoms with Crippen molar-refractivity contribution in [3.05, 3.63) is 31.1 Å². The van der Waals surface area contributed by atoms with E-state index in [2.05, 4.69) is 53.9 Å². The Hall–Kier alpha value is 0. The topological polar surface area (TPSA) is 0 Å². The first kappa shape index (κ1) is 10.1. The molecule has 0 bridgehead atoms. The van der Waals surface area contributed by atoms with Crippen LogP contribution >= 0.6 is 0 Å². The van der Waals surface area contributed by atoms with Crippen LogP contribution in [0.1, 0.15) is 34.6 Å². The van der Waals surface area contributed by atoms with E-state index in [0.717, 1.165) is 0 Å². The molecule has 1 unspecified atom stereocenters. The van der Waals surface area contributed by atoms with Crippen LogP contribution in [-0.4, -0.2) is 0 Å². The van der Waals surface area contributed by atoms with Crippen LogP contribution in [0.25, 0.3) is 0 Å². The van der Waals surface area contributed by atoms with Crippen molar-refractivity contribution in [2.24, 2.45) is 11.3 Å². The molecule has 1 atom stereocenters. The molecule has 0 amide bonds. The van der Waals surface area contributed by atoms with Gasteiger partial charge in [-0.1, -0.05) is 34.6 Å². The van der Waals surface area contributed by atoms with Gasteiger partial charge >= 0.3 is 0 Å². The van der Waals surface area contributed by atoms with Crippen LogP contribution in [-0.2, 0) is 0 Å². The Kier molecular flexibility index (Phi) is 2.85. The van der Waals surface area contributed by atoms with Crippen molar-refractivity contribution < 1.29 is 0 Å². The zero-order valence-corrected chi connectivity index (χ0v) is 8.81. The van der Waals surface area contributed by atoms with E-state index in [1.165, 1.54) is 11.8 Å². The molecule has 0 aromatic heterocycles. The molecule has 5 radical (unpaired) electrons. The molecule has 0 heteroatoms. The van der Waals surface area contributed by atoms with Crippen molar-refractivity contribution in [1.29, 1.82) is 0 Å². The fourth-order valence-corrected chi connectivity index (χ4v) is 1.77. The van der Waals surface area contributed by atoms with E-state index in [-0.39, 0.29) is 0 Å². The molecule has 0 nitrogen and oxygen atoms in total. The molecule has 12 heavy (non-hydrogen) atoms. The molecule has 0 N–H and O–H groups in total. The third kappa shape index (κ3) is 2.02. The average Bonchev–Trinajstić information content (AvgIpc) is 1.92. The highest BCUT2D eigenvalue weighted by molar-refractivity contribution is 5.35. The van der Waals surface area contributed by atoms with Gasteiger partial charge in [0.25, 0.3) is 0 Å². The maximum absolute atomic E-state index is 2.31. The highest BCUT2D eigenvalue weighted by Gasteiger charge is 2.35. The van der Waals surface area contributed by atoms with Crippen molar-refractivity contribution >= 4 is 0 Å². The Bertz CT molecular complexity index is 141. The molecule has 0 heterocycles. The van der Waals surface area contributed by atoms with Gasteiger partial charge in [0.1, 0.15) is 0 Å². The molecular weight excluding hydrogens is 144 g/mol. The molecule has 0 aromatic rings. The predicted octanol–water partition coefficient (Wildman–Crippen LogP) is 3.46. The molecule has 1 aliphatic carbocycles. The Morgan fingerprint density at radius 2 is 1.75 bits per heavy atom. The smallest absolute Gasteiger partial charge is 0.0165 e. The second-order valence-corrected chi connectivity index (χ2v) is 4.76. The largest absolute Gasteiger partial charge is 0.0599 e. The second kappa shape index (κ2) is 3.40. The summed E-state index contributed by atoms with van der Waals surface area (Å²) in [4.78, 5) is 0. The molecular formula is C12H19. The molecule has 1 aliphatic rings. The lowest BCUT2D eigenvalue weighted by Gasteiger charge is -2.41. The van der Waals surface area contributed by atoms with Crippen molar-refractivity contribution in [3.63, 3.8) is 0 Å². The minimum Gasteiger partial charge on any atom is -0.0599 e. The standard InChI is InChI=1S/C12H19/c1-9-7-6-8-11(10(9)2)12(3,4)5/h6-8,11H,1-5H3. The third-order valence-corrected chi connectivity index (χ3v) is 2.67. The van der Waals surface area contributed by atoms with E-state index in [1.807, 2.05) is 0 Å². The van der Waals surface area contributed by atoms with Gasteiger partial charge in [-0.2, -0.15) is 0 Å². The fourth-order valence-electron chi connectivity index (χ4n) is 1.77. The first-order valence-corrected chi connectivity index (χ1v) is 4.62. The van der Waals surface area contributed by atoms with E-state index in [9.17, 15) is 0 Å². The molecule has 0 aromatic carbocycles. The van der Waals surface area contributed by atoms with Crippen molar-refractivity contribution in [3.8, 4) is 0 Å². The molecule has 1 rings (SSSR count). The van der Waals surface area contributed by atoms with Gasteiger partial charge in [0.15, 0.2) is 0 Å². The van der Waals surface area contributed by atoms with Gasteiger partial charge in [0.2, 0.25) is 0 Å². The minimum atomic E-state index is 0.357. The highest BCUT2D eigenvalue weighted by Crippen LogP contribution is 2.44. The van der Waals surface area contributed by atoms with E-state index in [4.69, 9.17) is 0 Å². The van der Waals surface area contributed by atoms with Crippen LogP contribution in [0, 0.1) is 42.4 Å². The Morgan fingerprint density at radius 3 is 2.17 bits per heavy atom. The van der Waals surface area contributed by atoms with Gasteiger partial charge in [-0.3, -0.25) is 0 Å². The summed E-state index contributed by atoms with van der Waals surface area (Å²) in [6.07, 6.45) is 6.68. The maximum Gasteiger partial charge on any atom is -0.0165 e. The molecule has 0 spiro atoms. The van der Waals surface area contributed by atoms with Crippen LogP contribution < -0.4 is 0 Å². The van der Waals surface area contributed by atoms with E-state index < -0.39 is 0 Å². The lowest BCUT2D eigenvalue weighted by Crippen LogP contribution is -2.32. The summed E-state index contributed by atoms with van der Waals surface area (Å²) in [7, 11) is 0. The lowest BCUT2D eigenvalue weighted by molar-refractivity contribution is 0.283. The quantitative estimate of drug-likeness (QED) is 0.513. The fraction of sp³-hybridized carbons (Fsp3) is 0.583. The Labute approximate surface area is 77.7 Å². The molecule has 0 saturated heterocycles. The Balaban J connectivity index is 2.64. The van der Waals surface area contributed by atoms with Crippen molar-refractivity contribution in [2.75, 3.05) is 0 Å². The van der Waals surface area contributed by atoms with Crippen molar-refractivity contribution in [1.82, 2.24) is 0 Å². The summed E-state index contributed by atoms with van der Waals surface area (Å²) in [6.45, 7) is 11.3. The summed E-state index contributed by atoms with van der Waals surface area (Å²) in [5.74, 6) is 3.56. The first-order valence-electron chi connectivity index (χ1n) is 4.62. The SMILES string of the molecule is C[C]1[CH][CH][CH]C(C(C)(C)C)[C]1C. The van der Waals surface area contributed by atoms with Crippen LogP contribution in [0.15, 0.2) is 0 Å². The van der Waals surface area contributed by atoms with E-state index >= 15 is 0 Å². The molecule has 1 saturated carbocycles. The lowest BCUT2D eigenvalue weighted by atomic mass is 9.64. The average molecular weight is 163 g/mol. The number of hydrogen-bond donors (Lipinski definition) is 0. The summed E-state index contributed by atoms with van der Waals surface area (Å²) in [5.41, 5.74) is 0.357. The molecule has 0 aliphatic heterocycles. The normalized spacial score (nSPS) is 29.2. The second-order valence-electron chi connectivity index (χ2n) is 4.76. The van der Waals surface area contributed by atoms with Gasteiger partial charge in [0.05, 0.1) is 0 Å². The number of hydrogen-bond acceptors (Lipinski definition) is 0. The van der Waals surface area contributed by atoms with E-state index in [1.54, 1.807) is 0 Å². The monoisotopic (exact) mass is 163 g/mol. The zero-order chi connectivity index (χ0) is 9.35. The zero-order valence-electron chi connectivity index (χ0n) is 8.81. The Morgan fingerprint density at radius 1 is 1.17 bits per heavy atom. The van der Waals surface area contributed by atoms with Crippen molar-refractivity contribution in [2.45, 2.75) is 34.6 Å². The number of rotatable bonds is 0. The summed E-state index contributed by atoms with van der Waals surface area (Å²) >= 11 is 0. The van der Waals surface area contributed by atoms with Crippen LogP contribution in [0.2, 0.25) is 0 Å². The van der Waals surface area contributed by atoms with Crippen LogP contribution in [0.4, 0.5) is 0 Å². The molecule has 1 fully saturated rings. The van der Waals surface area contributed by atoms with E-state index in [0.29, 0.717) is 11.3 Å². The van der Waals surface area contributed by atoms with Gasteiger partial charge in [0, 0.05) is 0 Å². The minimum absolute atomic E-state index is 0.357. The summed E-state index contributed by atoms with van der Waals surface area (Å²) in [6, 6.07) is 0. The van der Waals surface area contributed by atoms with Crippen LogP contribution in [0.5, 0.6) is 0 Å². The third-order valence-electron chi connectivity index (χ3n) is 2.67. The predicted molar refractivity (Wildman–Crippen MR) is 53.7 cm³/mol. The van der Waals surface area contributed by atoms with Gasteiger partial charge in [-0.15, -0.1) is 0 Å². The summed E-state index contributed by atoms with van der Waals surface area (Å²) < 4.78 is 0. The maximum atomic E-state index is 2.31. The van der Waals surface area contributed by atoms with Gasteiger partial charge in [-0.25, -0.2) is 0 Å².